The summed E-state index contributed by atoms with van der Waals surface area (Å²) in [5, 5.41) is 25.3. The summed E-state index contributed by atoms with van der Waals surface area (Å²) in [7, 11) is 0. The van der Waals surface area contributed by atoms with E-state index in [1.54, 1.807) is 6.92 Å². The van der Waals surface area contributed by atoms with Gasteiger partial charge in [-0.05, 0) is 25.1 Å². The van der Waals surface area contributed by atoms with Crippen LogP contribution in [-0.2, 0) is 4.79 Å². The van der Waals surface area contributed by atoms with Crippen molar-refractivity contribution in [2.75, 3.05) is 12.4 Å². The average molecular weight is 415 g/mol. The van der Waals surface area contributed by atoms with E-state index in [0.717, 1.165) is 17.1 Å². The Bertz CT molecular complexity index is 1050. The summed E-state index contributed by atoms with van der Waals surface area (Å²) in [6.45, 7) is 1.91. The maximum Gasteiger partial charge on any atom is 0.315 e. The third kappa shape index (κ3) is 5.02. The Morgan fingerprint density at radius 3 is 2.97 bits per heavy atom. The van der Waals surface area contributed by atoms with E-state index in [1.807, 2.05) is 24.3 Å². The lowest BCUT2D eigenvalue weighted by Gasteiger charge is -2.07. The van der Waals surface area contributed by atoms with Gasteiger partial charge in [-0.25, -0.2) is 10.4 Å². The van der Waals surface area contributed by atoms with Crippen molar-refractivity contribution < 1.29 is 19.6 Å². The summed E-state index contributed by atoms with van der Waals surface area (Å²) in [5.74, 6) is -0.878. The van der Waals surface area contributed by atoms with Crippen molar-refractivity contribution in [3.05, 3.63) is 52.1 Å². The molecule has 0 aliphatic heterocycles. The minimum absolute atomic E-state index is 0.0325. The predicted molar refractivity (Wildman–Crippen MR) is 108 cm³/mol. The smallest absolute Gasteiger partial charge is 0.315 e. The largest absolute Gasteiger partial charge is 0.500 e. The molecule has 0 saturated carbocycles. The standard InChI is InChI=1S/C18H17N5O5S/c1-2-28-15-8-11(7-14(17(15)25)23(26)27)9-19-22-16(24)10-29-18-20-12-5-3-4-6-13(12)21-18/h3-9,25H,2,10H2,1H3,(H,20,21)(H,22,24)/b19-9+. The minimum Gasteiger partial charge on any atom is -0.500 e. The molecule has 1 amide bonds. The lowest BCUT2D eigenvalue weighted by Crippen LogP contribution is -2.19. The normalized spacial score (nSPS) is 11.1. The van der Waals surface area contributed by atoms with Crippen molar-refractivity contribution in [1.82, 2.24) is 15.4 Å². The number of rotatable bonds is 8. The monoisotopic (exact) mass is 415 g/mol. The van der Waals surface area contributed by atoms with Crippen molar-refractivity contribution in [3.63, 3.8) is 0 Å². The first-order valence-corrected chi connectivity index (χ1v) is 9.50. The summed E-state index contributed by atoms with van der Waals surface area (Å²) in [5.41, 5.74) is 3.82. The Morgan fingerprint density at radius 1 is 1.45 bits per heavy atom. The number of nitro groups is 1. The second kappa shape index (κ2) is 9.06. The van der Waals surface area contributed by atoms with Gasteiger partial charge >= 0.3 is 5.69 Å². The van der Waals surface area contributed by atoms with Gasteiger partial charge in [-0.15, -0.1) is 0 Å². The lowest BCUT2D eigenvalue weighted by atomic mass is 10.2. The summed E-state index contributed by atoms with van der Waals surface area (Å²) < 4.78 is 5.19. The van der Waals surface area contributed by atoms with E-state index in [9.17, 15) is 20.0 Å². The highest BCUT2D eigenvalue weighted by atomic mass is 32.2. The number of hydrogen-bond acceptors (Lipinski definition) is 8. The molecule has 2 aromatic carbocycles. The molecule has 10 nitrogen and oxygen atoms in total. The second-order valence-corrected chi connectivity index (χ2v) is 6.68. The molecule has 0 atom stereocenters. The zero-order chi connectivity index (χ0) is 20.8. The molecular formula is C18H17N5O5S. The van der Waals surface area contributed by atoms with Gasteiger partial charge in [0.25, 0.3) is 5.91 Å². The zero-order valence-electron chi connectivity index (χ0n) is 15.3. The maximum absolute atomic E-state index is 12.0. The van der Waals surface area contributed by atoms with E-state index in [4.69, 9.17) is 4.74 Å². The fourth-order valence-corrected chi connectivity index (χ4v) is 3.11. The van der Waals surface area contributed by atoms with Gasteiger partial charge in [-0.1, -0.05) is 23.9 Å². The molecule has 3 rings (SSSR count). The van der Waals surface area contributed by atoms with Crippen LogP contribution in [0.5, 0.6) is 11.5 Å². The third-order valence-electron chi connectivity index (χ3n) is 3.68. The van der Waals surface area contributed by atoms with Gasteiger partial charge < -0.3 is 14.8 Å². The number of hydrazone groups is 1. The van der Waals surface area contributed by atoms with E-state index in [-0.39, 0.29) is 24.0 Å². The SMILES string of the molecule is CCOc1cc(/C=N/NC(=O)CSc2nc3ccccc3[nH]2)cc([N+](=O)[O-])c1O. The van der Waals surface area contributed by atoms with Crippen molar-refractivity contribution in [1.29, 1.82) is 0 Å². The number of amides is 1. The zero-order valence-corrected chi connectivity index (χ0v) is 16.1. The molecule has 1 heterocycles. The number of aromatic amines is 1. The Hall–Kier alpha value is -3.60. The number of phenols is 1. The quantitative estimate of drug-likeness (QED) is 0.222. The number of phenolic OH excluding ortho intramolecular Hbond substituents is 1. The van der Waals surface area contributed by atoms with Gasteiger partial charge in [0.1, 0.15) is 0 Å². The number of thioether (sulfide) groups is 1. The molecule has 29 heavy (non-hydrogen) atoms. The van der Waals surface area contributed by atoms with Crippen LogP contribution in [0.15, 0.2) is 46.7 Å². The number of nitrogens with zero attached hydrogens (tertiary/aromatic N) is 3. The first-order chi connectivity index (χ1) is 14.0. The molecule has 1 aromatic heterocycles. The van der Waals surface area contributed by atoms with Gasteiger partial charge in [0.05, 0.1) is 34.5 Å². The van der Waals surface area contributed by atoms with Gasteiger partial charge in [0.2, 0.25) is 5.75 Å². The van der Waals surface area contributed by atoms with Crippen molar-refractivity contribution in [2.45, 2.75) is 12.1 Å². The van der Waals surface area contributed by atoms with E-state index in [2.05, 4.69) is 20.5 Å². The number of nitrogens with one attached hydrogen (secondary N) is 2. The van der Waals surface area contributed by atoms with Crippen LogP contribution in [0.25, 0.3) is 11.0 Å². The number of imidazole rings is 1. The Kier molecular flexibility index (Phi) is 6.29. The number of aromatic hydroxyl groups is 1. The molecule has 0 fully saturated rings. The number of H-pyrrole nitrogens is 1. The van der Waals surface area contributed by atoms with Gasteiger partial charge in [0, 0.05) is 11.6 Å². The number of para-hydroxylation sites is 2. The Morgan fingerprint density at radius 2 is 2.24 bits per heavy atom. The number of benzene rings is 2. The number of hydrogen-bond donors (Lipinski definition) is 3. The molecule has 0 spiro atoms. The topological polar surface area (TPSA) is 143 Å². The molecule has 0 aliphatic rings. The summed E-state index contributed by atoms with van der Waals surface area (Å²) >= 11 is 1.22. The molecule has 0 radical (unpaired) electrons. The number of fused-ring (bicyclic) bond motifs is 1. The van der Waals surface area contributed by atoms with Crippen LogP contribution in [0.3, 0.4) is 0 Å². The Balaban J connectivity index is 1.61. The number of aromatic nitrogens is 2. The van der Waals surface area contributed by atoms with Crippen LogP contribution >= 0.6 is 11.8 Å². The molecular weight excluding hydrogens is 398 g/mol. The summed E-state index contributed by atoms with van der Waals surface area (Å²) in [6.07, 6.45) is 1.23. The van der Waals surface area contributed by atoms with Crippen LogP contribution in [-0.4, -0.2) is 44.5 Å². The summed E-state index contributed by atoms with van der Waals surface area (Å²) in [6, 6.07) is 10.1. The van der Waals surface area contributed by atoms with E-state index in [0.29, 0.717) is 10.7 Å². The fourth-order valence-electron chi connectivity index (χ4n) is 2.44. The molecule has 0 aliphatic carbocycles. The van der Waals surface area contributed by atoms with Gasteiger partial charge in [-0.3, -0.25) is 14.9 Å². The van der Waals surface area contributed by atoms with Gasteiger partial charge in [-0.2, -0.15) is 5.10 Å². The number of carbonyl (C=O) groups is 1. The molecule has 0 unspecified atom stereocenters. The Labute approximate surface area is 169 Å². The first kappa shape index (κ1) is 20.1. The van der Waals surface area contributed by atoms with Crippen LogP contribution in [0, 0.1) is 10.1 Å². The van der Waals surface area contributed by atoms with Crippen LogP contribution in [0.1, 0.15) is 12.5 Å². The second-order valence-electron chi connectivity index (χ2n) is 5.72. The van der Waals surface area contributed by atoms with E-state index in [1.165, 1.54) is 24.0 Å². The first-order valence-electron chi connectivity index (χ1n) is 8.51. The average Bonchev–Trinajstić information content (AvgIpc) is 3.11. The minimum atomic E-state index is -0.724. The van der Waals surface area contributed by atoms with Crippen molar-refractivity contribution >= 4 is 40.6 Å². The predicted octanol–water partition coefficient (Wildman–Crippen LogP) is 2.82. The molecule has 0 saturated heterocycles. The lowest BCUT2D eigenvalue weighted by molar-refractivity contribution is -0.386. The van der Waals surface area contributed by atoms with Crippen LogP contribution in [0.2, 0.25) is 0 Å². The summed E-state index contributed by atoms with van der Waals surface area (Å²) in [4.78, 5) is 29.8. The molecule has 11 heteroatoms. The number of carbonyl (C=O) groups excluding carboxylic acids is 1. The molecule has 3 N–H and O–H groups in total. The highest BCUT2D eigenvalue weighted by molar-refractivity contribution is 7.99. The fraction of sp³-hybridized carbons (Fsp3) is 0.167. The highest BCUT2D eigenvalue weighted by Crippen LogP contribution is 2.36. The van der Waals surface area contributed by atoms with E-state index < -0.39 is 16.4 Å². The van der Waals surface area contributed by atoms with E-state index >= 15 is 0 Å². The van der Waals surface area contributed by atoms with Crippen molar-refractivity contribution in [3.8, 4) is 11.5 Å². The molecule has 150 valence electrons. The van der Waals surface area contributed by atoms with Crippen LogP contribution in [0.4, 0.5) is 5.69 Å². The molecule has 3 aromatic rings. The highest BCUT2D eigenvalue weighted by Gasteiger charge is 2.19. The third-order valence-corrected chi connectivity index (χ3v) is 4.56. The number of nitro benzene ring substituents is 1. The number of ether oxygens (including phenoxy) is 1. The maximum atomic E-state index is 12.0. The van der Waals surface area contributed by atoms with Gasteiger partial charge in [0.15, 0.2) is 10.9 Å². The van der Waals surface area contributed by atoms with Crippen molar-refractivity contribution in [2.24, 2.45) is 5.10 Å². The van der Waals surface area contributed by atoms with Crippen LogP contribution < -0.4 is 10.2 Å². The molecule has 0 bridgehead atoms.